The molecule has 6 heteroatoms. The quantitative estimate of drug-likeness (QED) is 0.880. The van der Waals surface area contributed by atoms with Crippen molar-refractivity contribution in [1.29, 1.82) is 0 Å². The maximum absolute atomic E-state index is 11.4. The first kappa shape index (κ1) is 14.9. The van der Waals surface area contributed by atoms with Gasteiger partial charge in [0.25, 0.3) is 0 Å². The maximum atomic E-state index is 11.4. The van der Waals surface area contributed by atoms with Crippen molar-refractivity contribution in [2.75, 3.05) is 18.8 Å². The predicted octanol–water partition coefficient (Wildman–Crippen LogP) is 1.63. The fourth-order valence-corrected chi connectivity index (χ4v) is 1.44. The molecule has 0 radical (unpaired) electrons. The second kappa shape index (κ2) is 6.44. The Morgan fingerprint density at radius 1 is 1.25 bits per heavy atom. The molecule has 16 heavy (non-hydrogen) atoms. The van der Waals surface area contributed by atoms with E-state index < -0.39 is 10.2 Å². The molecule has 0 spiro atoms. The van der Waals surface area contributed by atoms with Crippen LogP contribution in [0.3, 0.4) is 0 Å². The number of aromatic nitrogens is 1. The first-order chi connectivity index (χ1) is 7.42. The Labute approximate surface area is 97.7 Å². The summed E-state index contributed by atoms with van der Waals surface area (Å²) in [6.07, 6.45) is 3.13. The molecule has 1 aromatic rings. The van der Waals surface area contributed by atoms with Crippen molar-refractivity contribution in [1.82, 2.24) is 9.29 Å². The van der Waals surface area contributed by atoms with E-state index in [0.717, 1.165) is 9.87 Å². The smallest absolute Gasteiger partial charge is 0.269 e. The van der Waals surface area contributed by atoms with E-state index in [0.29, 0.717) is 5.69 Å². The van der Waals surface area contributed by atoms with Crippen molar-refractivity contribution in [3.8, 4) is 0 Å². The molecule has 1 N–H and O–H groups in total. The predicted molar refractivity (Wildman–Crippen MR) is 66.6 cm³/mol. The Morgan fingerprint density at radius 3 is 2.25 bits per heavy atom. The lowest BCUT2D eigenvalue weighted by atomic mass is 10.3. The van der Waals surface area contributed by atoms with Gasteiger partial charge in [-0.2, -0.15) is 12.7 Å². The number of pyridine rings is 1. The van der Waals surface area contributed by atoms with Crippen molar-refractivity contribution in [2.24, 2.45) is 0 Å². The van der Waals surface area contributed by atoms with Crippen LogP contribution in [0.25, 0.3) is 0 Å². The van der Waals surface area contributed by atoms with Gasteiger partial charge in [0.1, 0.15) is 0 Å². The summed E-state index contributed by atoms with van der Waals surface area (Å²) >= 11 is 0. The van der Waals surface area contributed by atoms with E-state index in [1.807, 2.05) is 20.8 Å². The van der Waals surface area contributed by atoms with Crippen LogP contribution in [0.15, 0.2) is 18.5 Å². The summed E-state index contributed by atoms with van der Waals surface area (Å²) in [4.78, 5) is 3.88. The van der Waals surface area contributed by atoms with E-state index in [1.54, 1.807) is 12.3 Å². The summed E-state index contributed by atoms with van der Waals surface area (Å²) in [6, 6.07) is 1.72. The molecule has 0 aliphatic carbocycles. The second-order valence-corrected chi connectivity index (χ2v) is 5.03. The Balaban J connectivity index is 0.00000106. The van der Waals surface area contributed by atoms with Crippen LogP contribution >= 0.6 is 0 Å². The normalized spacial score (nSPS) is 10.6. The van der Waals surface area contributed by atoms with E-state index >= 15 is 0 Å². The summed E-state index contributed by atoms with van der Waals surface area (Å²) in [7, 11) is -0.497. The van der Waals surface area contributed by atoms with Crippen molar-refractivity contribution in [3.63, 3.8) is 0 Å². The number of anilines is 1. The van der Waals surface area contributed by atoms with Crippen LogP contribution in [0, 0.1) is 6.92 Å². The maximum Gasteiger partial charge on any atom is 0.301 e. The van der Waals surface area contributed by atoms with Crippen LogP contribution < -0.4 is 4.72 Å². The highest BCUT2D eigenvalue weighted by molar-refractivity contribution is 7.90. The lowest BCUT2D eigenvalue weighted by Gasteiger charge is -2.12. The second-order valence-electron chi connectivity index (χ2n) is 3.14. The number of rotatable bonds is 3. The van der Waals surface area contributed by atoms with Gasteiger partial charge in [-0.15, -0.1) is 0 Å². The number of hydrogen-bond acceptors (Lipinski definition) is 3. The first-order valence-electron chi connectivity index (χ1n) is 5.04. The Bertz CT molecular complexity index is 416. The fourth-order valence-electron chi connectivity index (χ4n) is 0.851. The zero-order valence-electron chi connectivity index (χ0n) is 10.4. The Kier molecular flexibility index (Phi) is 5.98. The molecule has 0 aromatic carbocycles. The number of nitrogens with one attached hydrogen (secondary N) is 1. The van der Waals surface area contributed by atoms with Gasteiger partial charge in [0.15, 0.2) is 0 Å². The Morgan fingerprint density at radius 2 is 1.81 bits per heavy atom. The monoisotopic (exact) mass is 245 g/mol. The van der Waals surface area contributed by atoms with Gasteiger partial charge in [-0.3, -0.25) is 9.71 Å². The van der Waals surface area contributed by atoms with E-state index in [4.69, 9.17) is 0 Å². The van der Waals surface area contributed by atoms with E-state index in [-0.39, 0.29) is 0 Å². The zero-order valence-corrected chi connectivity index (χ0v) is 11.2. The average Bonchev–Trinajstić information content (AvgIpc) is 2.19. The molecule has 0 atom stereocenters. The molecule has 1 rings (SSSR count). The minimum absolute atomic E-state index is 0.471. The number of nitrogens with zero attached hydrogens (tertiary/aromatic N) is 2. The molecule has 0 saturated carbocycles. The SMILES string of the molecule is CC.Cc1cncc(NS(=O)(=O)N(C)C)c1. The summed E-state index contributed by atoms with van der Waals surface area (Å²) in [5, 5.41) is 0. The molecule has 0 unspecified atom stereocenters. The van der Waals surface area contributed by atoms with Crippen LogP contribution in [-0.4, -0.2) is 31.8 Å². The minimum Gasteiger partial charge on any atom is -0.269 e. The van der Waals surface area contributed by atoms with Crippen LogP contribution in [-0.2, 0) is 10.2 Å². The van der Waals surface area contributed by atoms with E-state index in [2.05, 4.69) is 9.71 Å². The summed E-state index contributed by atoms with van der Waals surface area (Å²) in [6.45, 7) is 5.85. The van der Waals surface area contributed by atoms with E-state index in [1.165, 1.54) is 20.3 Å². The largest absolute Gasteiger partial charge is 0.301 e. The average molecular weight is 245 g/mol. The van der Waals surface area contributed by atoms with Crippen LogP contribution in [0.2, 0.25) is 0 Å². The van der Waals surface area contributed by atoms with Gasteiger partial charge in [0, 0.05) is 20.3 Å². The molecule has 0 amide bonds. The van der Waals surface area contributed by atoms with Gasteiger partial charge in [0.2, 0.25) is 0 Å². The van der Waals surface area contributed by atoms with Crippen LogP contribution in [0.4, 0.5) is 5.69 Å². The molecular formula is C10H19N3O2S. The molecule has 0 bridgehead atoms. The third-order valence-corrected chi connectivity index (χ3v) is 3.06. The van der Waals surface area contributed by atoms with Crippen molar-refractivity contribution in [2.45, 2.75) is 20.8 Å². The van der Waals surface area contributed by atoms with Crippen molar-refractivity contribution < 1.29 is 8.42 Å². The van der Waals surface area contributed by atoms with Gasteiger partial charge in [-0.1, -0.05) is 13.8 Å². The first-order valence-corrected chi connectivity index (χ1v) is 6.48. The minimum atomic E-state index is -3.42. The Hall–Kier alpha value is -1.14. The molecule has 5 nitrogen and oxygen atoms in total. The summed E-state index contributed by atoms with van der Waals surface area (Å²) in [5.41, 5.74) is 1.38. The summed E-state index contributed by atoms with van der Waals surface area (Å²) in [5.74, 6) is 0. The van der Waals surface area contributed by atoms with Gasteiger partial charge in [0.05, 0.1) is 11.9 Å². The molecule has 0 aliphatic heterocycles. The summed E-state index contributed by atoms with van der Waals surface area (Å²) < 4.78 is 26.3. The van der Waals surface area contributed by atoms with Gasteiger partial charge in [-0.25, -0.2) is 0 Å². The fraction of sp³-hybridized carbons (Fsp3) is 0.500. The van der Waals surface area contributed by atoms with Gasteiger partial charge in [-0.05, 0) is 18.6 Å². The molecule has 0 fully saturated rings. The standard InChI is InChI=1S/C8H13N3O2S.C2H6/c1-7-4-8(6-9-5-7)10-14(12,13)11(2)3;1-2/h4-6,10H,1-3H3;1-2H3. The highest BCUT2D eigenvalue weighted by Crippen LogP contribution is 2.09. The lowest BCUT2D eigenvalue weighted by Crippen LogP contribution is -2.28. The molecule has 1 heterocycles. The third kappa shape index (κ3) is 4.59. The van der Waals surface area contributed by atoms with Gasteiger partial charge < -0.3 is 0 Å². The molecule has 0 saturated heterocycles. The van der Waals surface area contributed by atoms with Gasteiger partial charge >= 0.3 is 10.2 Å². The molecule has 0 aliphatic rings. The zero-order chi connectivity index (χ0) is 12.8. The van der Waals surface area contributed by atoms with E-state index in [9.17, 15) is 8.42 Å². The van der Waals surface area contributed by atoms with Crippen molar-refractivity contribution in [3.05, 3.63) is 24.0 Å². The molecule has 92 valence electrons. The number of aryl methyl sites for hydroxylation is 1. The molecule has 1 aromatic heterocycles. The highest BCUT2D eigenvalue weighted by atomic mass is 32.2. The third-order valence-electron chi connectivity index (χ3n) is 1.60. The van der Waals surface area contributed by atoms with Crippen molar-refractivity contribution >= 4 is 15.9 Å². The lowest BCUT2D eigenvalue weighted by molar-refractivity contribution is 0.527. The topological polar surface area (TPSA) is 62.3 Å². The number of hydrogen-bond donors (Lipinski definition) is 1. The van der Waals surface area contributed by atoms with Crippen LogP contribution in [0.5, 0.6) is 0 Å². The highest BCUT2D eigenvalue weighted by Gasteiger charge is 2.12. The molecular weight excluding hydrogens is 226 g/mol. The van der Waals surface area contributed by atoms with Crippen LogP contribution in [0.1, 0.15) is 19.4 Å².